The lowest BCUT2D eigenvalue weighted by Gasteiger charge is -2.31. The van der Waals surface area contributed by atoms with Crippen LogP contribution in [0, 0.1) is 5.82 Å². The van der Waals surface area contributed by atoms with Crippen LogP contribution >= 0.6 is 15.9 Å². The van der Waals surface area contributed by atoms with Gasteiger partial charge in [0.15, 0.2) is 5.60 Å². The highest BCUT2D eigenvalue weighted by Crippen LogP contribution is 2.63. The largest absolute Gasteiger partial charge is 0.378 e. The fourth-order valence-electron chi connectivity index (χ4n) is 2.28. The molecule has 0 aromatic heterocycles. The molecule has 0 amide bonds. The molecule has 0 spiro atoms. The third-order valence-corrected chi connectivity index (χ3v) is 3.85. The van der Waals surface area contributed by atoms with Crippen molar-refractivity contribution >= 4 is 15.9 Å². The van der Waals surface area contributed by atoms with Crippen LogP contribution in [0.4, 0.5) is 22.0 Å². The first-order valence-corrected chi connectivity index (χ1v) is 5.98. The first-order chi connectivity index (χ1) is 8.61. The summed E-state index contributed by atoms with van der Waals surface area (Å²) < 4.78 is 68.6. The van der Waals surface area contributed by atoms with E-state index in [2.05, 4.69) is 22.5 Å². The molecule has 0 bridgehead atoms. The fourth-order valence-corrected chi connectivity index (χ4v) is 2.93. The van der Waals surface area contributed by atoms with E-state index >= 15 is 0 Å². The van der Waals surface area contributed by atoms with Crippen LogP contribution in [0.25, 0.3) is 0 Å². The zero-order valence-electron chi connectivity index (χ0n) is 9.36. The molecule has 1 nitrogen and oxygen atoms in total. The van der Waals surface area contributed by atoms with Gasteiger partial charge in [-0.25, -0.2) is 4.39 Å². The summed E-state index contributed by atoms with van der Waals surface area (Å²) in [5, 5.41) is 10.0. The Hall–Kier alpha value is -0.950. The van der Waals surface area contributed by atoms with Crippen molar-refractivity contribution in [1.82, 2.24) is 0 Å². The van der Waals surface area contributed by atoms with Gasteiger partial charge in [-0.15, -0.1) is 6.58 Å². The number of hydrogen-bond acceptors (Lipinski definition) is 1. The standard InChI is InChI=1S/C12H8BrF5O/c1-2-5-10(19)8-6(13)3-4-7(14)9(8)11(15,16)12(10,17)18/h2-4,19H,1,5H2. The molecule has 1 unspecified atom stereocenters. The van der Waals surface area contributed by atoms with Crippen LogP contribution in [-0.2, 0) is 11.5 Å². The maximum atomic E-state index is 13.9. The lowest BCUT2D eigenvalue weighted by atomic mass is 9.89. The normalized spacial score (nSPS) is 27.1. The number of fused-ring (bicyclic) bond motifs is 1. The van der Waals surface area contributed by atoms with Gasteiger partial charge in [-0.05, 0) is 12.1 Å². The first kappa shape index (κ1) is 14.5. The lowest BCUT2D eigenvalue weighted by Crippen LogP contribution is -2.48. The highest BCUT2D eigenvalue weighted by atomic mass is 79.9. The van der Waals surface area contributed by atoms with Crippen molar-refractivity contribution in [3.63, 3.8) is 0 Å². The molecule has 0 fully saturated rings. The third kappa shape index (κ3) is 1.54. The van der Waals surface area contributed by atoms with Gasteiger partial charge >= 0.3 is 11.8 Å². The van der Waals surface area contributed by atoms with Gasteiger partial charge in [-0.1, -0.05) is 22.0 Å². The van der Waals surface area contributed by atoms with Crippen molar-refractivity contribution in [2.45, 2.75) is 23.9 Å². The highest BCUT2D eigenvalue weighted by Gasteiger charge is 2.77. The van der Waals surface area contributed by atoms with Gasteiger partial charge in [0.05, 0.1) is 5.56 Å². The predicted octanol–water partition coefficient (Wildman–Crippen LogP) is 4.09. The van der Waals surface area contributed by atoms with Crippen molar-refractivity contribution in [3.8, 4) is 0 Å². The summed E-state index contributed by atoms with van der Waals surface area (Å²) in [7, 11) is 0. The Bertz CT molecular complexity index is 557. The molecule has 1 atom stereocenters. The fraction of sp³-hybridized carbons (Fsp3) is 0.333. The van der Waals surface area contributed by atoms with Crippen LogP contribution in [0.2, 0.25) is 0 Å². The van der Waals surface area contributed by atoms with Crippen molar-refractivity contribution < 1.29 is 27.1 Å². The molecular weight excluding hydrogens is 335 g/mol. The molecule has 1 aliphatic carbocycles. The summed E-state index contributed by atoms with van der Waals surface area (Å²) >= 11 is 2.80. The monoisotopic (exact) mass is 342 g/mol. The Labute approximate surface area is 113 Å². The molecule has 104 valence electrons. The first-order valence-electron chi connectivity index (χ1n) is 5.19. The van der Waals surface area contributed by atoms with Crippen LogP contribution < -0.4 is 0 Å². The van der Waals surface area contributed by atoms with Gasteiger partial charge in [0, 0.05) is 16.5 Å². The molecule has 1 aromatic rings. The van der Waals surface area contributed by atoms with Crippen molar-refractivity contribution in [3.05, 3.63) is 46.2 Å². The average molecular weight is 343 g/mol. The number of halogens is 6. The van der Waals surface area contributed by atoms with E-state index in [1.165, 1.54) is 0 Å². The zero-order chi connectivity index (χ0) is 14.6. The van der Waals surface area contributed by atoms with E-state index in [4.69, 9.17) is 0 Å². The second-order valence-corrected chi connectivity index (χ2v) is 5.14. The minimum absolute atomic E-state index is 0.204. The zero-order valence-corrected chi connectivity index (χ0v) is 10.9. The van der Waals surface area contributed by atoms with Crippen molar-refractivity contribution in [2.75, 3.05) is 0 Å². The smallest absolute Gasteiger partial charge is 0.347 e. The highest BCUT2D eigenvalue weighted by molar-refractivity contribution is 9.10. The van der Waals surface area contributed by atoms with E-state index < -0.39 is 40.8 Å². The SMILES string of the molecule is C=CCC1(O)c2c(Br)ccc(F)c2C(F)(F)C1(F)F. The summed E-state index contributed by atoms with van der Waals surface area (Å²) in [5.74, 6) is -11.1. The van der Waals surface area contributed by atoms with Gasteiger partial charge in [0.2, 0.25) is 0 Å². The Kier molecular flexibility index (Phi) is 3.06. The van der Waals surface area contributed by atoms with Gasteiger partial charge in [-0.2, -0.15) is 17.6 Å². The molecule has 0 saturated heterocycles. The minimum Gasteiger partial charge on any atom is -0.378 e. The molecule has 0 saturated carbocycles. The second-order valence-electron chi connectivity index (χ2n) is 4.28. The van der Waals surface area contributed by atoms with Crippen LogP contribution in [0.15, 0.2) is 29.3 Å². The molecule has 1 N–H and O–H groups in total. The average Bonchev–Trinajstić information content (AvgIpc) is 2.42. The van der Waals surface area contributed by atoms with E-state index in [0.29, 0.717) is 6.07 Å². The number of aliphatic hydroxyl groups is 1. The molecule has 19 heavy (non-hydrogen) atoms. The lowest BCUT2D eigenvalue weighted by molar-refractivity contribution is -0.285. The van der Waals surface area contributed by atoms with E-state index in [1.807, 2.05) is 0 Å². The molecular formula is C12H8BrF5O. The summed E-state index contributed by atoms with van der Waals surface area (Å²) in [5.41, 5.74) is -5.51. The van der Waals surface area contributed by atoms with Crippen molar-refractivity contribution in [1.29, 1.82) is 0 Å². The van der Waals surface area contributed by atoms with Crippen LogP contribution in [0.3, 0.4) is 0 Å². The number of benzene rings is 1. The quantitative estimate of drug-likeness (QED) is 0.634. The molecule has 2 rings (SSSR count). The van der Waals surface area contributed by atoms with E-state index in [9.17, 15) is 27.1 Å². The van der Waals surface area contributed by atoms with E-state index in [0.717, 1.165) is 12.1 Å². The Morgan fingerprint density at radius 2 is 1.79 bits per heavy atom. The van der Waals surface area contributed by atoms with Crippen LogP contribution in [0.5, 0.6) is 0 Å². The molecule has 0 radical (unpaired) electrons. The number of rotatable bonds is 2. The Morgan fingerprint density at radius 1 is 1.21 bits per heavy atom. The van der Waals surface area contributed by atoms with Crippen molar-refractivity contribution in [2.24, 2.45) is 0 Å². The minimum atomic E-state index is -4.83. The second kappa shape index (κ2) is 4.02. The predicted molar refractivity (Wildman–Crippen MR) is 61.7 cm³/mol. The Morgan fingerprint density at radius 3 is 2.32 bits per heavy atom. The topological polar surface area (TPSA) is 20.2 Å². The summed E-state index contributed by atoms with van der Waals surface area (Å²) in [4.78, 5) is 0. The number of alkyl halides is 4. The molecule has 1 aromatic carbocycles. The molecule has 7 heteroatoms. The summed E-state index contributed by atoms with van der Waals surface area (Å²) in [6.45, 7) is 3.16. The third-order valence-electron chi connectivity index (χ3n) is 3.18. The van der Waals surface area contributed by atoms with Crippen LogP contribution in [0.1, 0.15) is 17.5 Å². The maximum Gasteiger partial charge on any atom is 0.347 e. The van der Waals surface area contributed by atoms with Crippen LogP contribution in [-0.4, -0.2) is 11.0 Å². The maximum absolute atomic E-state index is 13.9. The number of hydrogen-bond donors (Lipinski definition) is 1. The molecule has 1 aliphatic rings. The summed E-state index contributed by atoms with van der Waals surface area (Å²) in [6.07, 6.45) is 0.0566. The van der Waals surface area contributed by atoms with Gasteiger partial charge < -0.3 is 5.11 Å². The van der Waals surface area contributed by atoms with Gasteiger partial charge in [0.25, 0.3) is 0 Å². The Balaban J connectivity index is 2.90. The van der Waals surface area contributed by atoms with Gasteiger partial charge in [0.1, 0.15) is 5.82 Å². The van der Waals surface area contributed by atoms with E-state index in [-0.39, 0.29) is 4.47 Å². The molecule has 0 heterocycles. The molecule has 0 aliphatic heterocycles. The van der Waals surface area contributed by atoms with Gasteiger partial charge in [-0.3, -0.25) is 0 Å². The summed E-state index contributed by atoms with van der Waals surface area (Å²) in [6, 6.07) is 1.65. The van der Waals surface area contributed by atoms with E-state index in [1.54, 1.807) is 0 Å².